The summed E-state index contributed by atoms with van der Waals surface area (Å²) >= 11 is 0. The Hall–Kier alpha value is -6.84. The smallest absolute Gasteiger partial charge is 0.160 e. The molecule has 0 amide bonds. The minimum absolute atomic E-state index is 0.505. The number of hydrogen-bond acceptors (Lipinski definition) is 3. The van der Waals surface area contributed by atoms with Gasteiger partial charge in [-0.25, -0.2) is 9.97 Å². The van der Waals surface area contributed by atoms with Crippen LogP contribution in [0, 0.1) is 0 Å². The number of para-hydroxylation sites is 1. The molecule has 0 saturated heterocycles. The lowest BCUT2D eigenvalue weighted by molar-refractivity contribution is 0.628. The molecular formula is C49H32N2O. The number of nitrogens with zero attached hydrogens (tertiary/aromatic N) is 2. The van der Waals surface area contributed by atoms with E-state index in [0.29, 0.717) is 11.6 Å². The second-order valence-electron chi connectivity index (χ2n) is 13.3. The Balaban J connectivity index is 1.19. The van der Waals surface area contributed by atoms with E-state index in [9.17, 15) is 0 Å². The lowest BCUT2D eigenvalue weighted by Gasteiger charge is -2.34. The number of aromatic nitrogens is 2. The van der Waals surface area contributed by atoms with Crippen molar-refractivity contribution in [1.29, 1.82) is 0 Å². The molecule has 2 heterocycles. The molecule has 0 saturated carbocycles. The summed E-state index contributed by atoms with van der Waals surface area (Å²) in [6.07, 6.45) is 0. The van der Waals surface area contributed by atoms with Crippen LogP contribution in [0.4, 0.5) is 0 Å². The van der Waals surface area contributed by atoms with E-state index in [1.807, 2.05) is 24.3 Å². The quantitative estimate of drug-likeness (QED) is 0.178. The Morgan fingerprint density at radius 3 is 1.67 bits per heavy atom. The lowest BCUT2D eigenvalue weighted by Crippen LogP contribution is -2.28. The zero-order chi connectivity index (χ0) is 34.5. The molecule has 52 heavy (non-hydrogen) atoms. The van der Waals surface area contributed by atoms with Gasteiger partial charge in [-0.2, -0.15) is 0 Å². The molecule has 0 spiro atoms. The highest BCUT2D eigenvalue weighted by Crippen LogP contribution is 2.56. The predicted molar refractivity (Wildman–Crippen MR) is 211 cm³/mol. The molecule has 1 aliphatic carbocycles. The van der Waals surface area contributed by atoms with Gasteiger partial charge in [0.25, 0.3) is 0 Å². The molecule has 10 rings (SSSR count). The van der Waals surface area contributed by atoms with Crippen molar-refractivity contribution in [1.82, 2.24) is 9.97 Å². The average molecular weight is 665 g/mol. The fourth-order valence-electron chi connectivity index (χ4n) is 8.00. The summed E-state index contributed by atoms with van der Waals surface area (Å²) in [5, 5.41) is 1.04. The highest BCUT2D eigenvalue weighted by atomic mass is 16.3. The molecule has 3 nitrogen and oxygen atoms in total. The largest absolute Gasteiger partial charge is 0.454 e. The van der Waals surface area contributed by atoms with Gasteiger partial charge >= 0.3 is 0 Å². The van der Waals surface area contributed by atoms with Crippen molar-refractivity contribution in [2.75, 3.05) is 0 Å². The predicted octanol–water partition coefficient (Wildman–Crippen LogP) is 12.3. The third kappa shape index (κ3) is 4.82. The Morgan fingerprint density at radius 1 is 0.385 bits per heavy atom. The Labute approximate surface area is 302 Å². The fraction of sp³-hybridized carbons (Fsp3) is 0.0204. The van der Waals surface area contributed by atoms with E-state index in [-0.39, 0.29) is 0 Å². The van der Waals surface area contributed by atoms with Gasteiger partial charge in [-0.15, -0.1) is 0 Å². The van der Waals surface area contributed by atoms with Crippen molar-refractivity contribution < 1.29 is 4.42 Å². The van der Waals surface area contributed by atoms with Gasteiger partial charge < -0.3 is 4.42 Å². The standard InChI is InChI=1S/C49H32N2O/c1-4-14-33(15-5-1)34-24-26-35(27-25-34)48-50-44(32-45(51-48)47-31-37-16-10-13-23-46(37)52-47)36-28-29-41-40-21-11-12-22-42(40)49(43(41)30-36,38-17-6-2-7-18-38)39-19-8-3-9-20-39/h1-32H. The van der Waals surface area contributed by atoms with Crippen LogP contribution in [-0.4, -0.2) is 9.97 Å². The summed E-state index contributed by atoms with van der Waals surface area (Å²) in [7, 11) is 0. The monoisotopic (exact) mass is 664 g/mol. The molecule has 2 aromatic heterocycles. The third-order valence-electron chi connectivity index (χ3n) is 10.4. The van der Waals surface area contributed by atoms with Crippen LogP contribution < -0.4 is 0 Å². The van der Waals surface area contributed by atoms with Gasteiger partial charge in [0.05, 0.1) is 11.1 Å². The second kappa shape index (κ2) is 12.2. The third-order valence-corrected chi connectivity index (χ3v) is 10.4. The maximum absolute atomic E-state index is 6.39. The van der Waals surface area contributed by atoms with Crippen molar-refractivity contribution in [3.05, 3.63) is 216 Å². The number of benzene rings is 7. The van der Waals surface area contributed by atoms with Crippen LogP contribution in [-0.2, 0) is 5.41 Å². The van der Waals surface area contributed by atoms with Gasteiger partial charge in [-0.3, -0.25) is 0 Å². The van der Waals surface area contributed by atoms with E-state index < -0.39 is 5.41 Å². The first-order valence-electron chi connectivity index (χ1n) is 17.7. The molecular weight excluding hydrogens is 633 g/mol. The summed E-state index contributed by atoms with van der Waals surface area (Å²) in [4.78, 5) is 10.4. The van der Waals surface area contributed by atoms with Crippen LogP contribution in [0.3, 0.4) is 0 Å². The Kier molecular flexibility index (Phi) is 7.04. The van der Waals surface area contributed by atoms with Gasteiger partial charge in [0.2, 0.25) is 0 Å². The summed E-state index contributed by atoms with van der Waals surface area (Å²) < 4.78 is 6.39. The molecule has 0 N–H and O–H groups in total. The first-order chi connectivity index (χ1) is 25.8. The minimum Gasteiger partial charge on any atom is -0.454 e. The van der Waals surface area contributed by atoms with Gasteiger partial charge in [0, 0.05) is 16.5 Å². The topological polar surface area (TPSA) is 38.9 Å². The molecule has 0 unspecified atom stereocenters. The van der Waals surface area contributed by atoms with Crippen LogP contribution >= 0.6 is 0 Å². The van der Waals surface area contributed by atoms with Crippen LogP contribution in [0.15, 0.2) is 199 Å². The molecule has 0 atom stereocenters. The molecule has 0 fully saturated rings. The zero-order valence-electron chi connectivity index (χ0n) is 28.3. The molecule has 0 radical (unpaired) electrons. The van der Waals surface area contributed by atoms with Crippen LogP contribution in [0.1, 0.15) is 22.3 Å². The Morgan fingerprint density at radius 2 is 0.942 bits per heavy atom. The summed E-state index contributed by atoms with van der Waals surface area (Å²) in [5.74, 6) is 1.36. The normalized spacial score (nSPS) is 12.8. The molecule has 3 heteroatoms. The van der Waals surface area contributed by atoms with E-state index >= 15 is 0 Å². The number of hydrogen-bond donors (Lipinski definition) is 0. The van der Waals surface area contributed by atoms with Crippen LogP contribution in [0.25, 0.3) is 67.3 Å². The first kappa shape index (κ1) is 30.0. The van der Waals surface area contributed by atoms with E-state index in [4.69, 9.17) is 14.4 Å². The lowest BCUT2D eigenvalue weighted by atomic mass is 9.67. The molecule has 9 aromatic rings. The first-order valence-corrected chi connectivity index (χ1v) is 17.7. The number of fused-ring (bicyclic) bond motifs is 4. The summed E-state index contributed by atoms with van der Waals surface area (Å²) in [6, 6.07) is 68.6. The van der Waals surface area contributed by atoms with Gasteiger partial charge in [0.1, 0.15) is 11.3 Å². The fourth-order valence-corrected chi connectivity index (χ4v) is 8.00. The van der Waals surface area contributed by atoms with Crippen molar-refractivity contribution in [2.24, 2.45) is 0 Å². The van der Waals surface area contributed by atoms with E-state index in [0.717, 1.165) is 39.0 Å². The van der Waals surface area contributed by atoms with E-state index in [2.05, 4.69) is 170 Å². The van der Waals surface area contributed by atoms with Crippen molar-refractivity contribution >= 4 is 11.0 Å². The molecule has 1 aliphatic rings. The summed E-state index contributed by atoms with van der Waals surface area (Å²) in [6.45, 7) is 0. The molecule has 0 aliphatic heterocycles. The highest BCUT2D eigenvalue weighted by molar-refractivity contribution is 5.89. The molecule has 0 bridgehead atoms. The minimum atomic E-state index is -0.505. The molecule has 244 valence electrons. The number of furan rings is 1. The Bertz CT molecular complexity index is 2640. The SMILES string of the molecule is c1ccc(-c2ccc(-c3nc(-c4ccc5c(c4)C(c4ccccc4)(c4ccccc4)c4ccccc4-5)cc(-c4cc5ccccc5o4)n3)cc2)cc1. The zero-order valence-corrected chi connectivity index (χ0v) is 28.3. The van der Waals surface area contributed by atoms with Crippen LogP contribution in [0.5, 0.6) is 0 Å². The highest BCUT2D eigenvalue weighted by Gasteiger charge is 2.46. The maximum Gasteiger partial charge on any atom is 0.160 e. The average Bonchev–Trinajstić information content (AvgIpc) is 3.80. The maximum atomic E-state index is 6.39. The van der Waals surface area contributed by atoms with Crippen molar-refractivity contribution in [3.63, 3.8) is 0 Å². The van der Waals surface area contributed by atoms with Gasteiger partial charge in [0.15, 0.2) is 11.6 Å². The number of rotatable bonds is 6. The van der Waals surface area contributed by atoms with Crippen molar-refractivity contribution in [2.45, 2.75) is 5.41 Å². The van der Waals surface area contributed by atoms with E-state index in [1.54, 1.807) is 0 Å². The van der Waals surface area contributed by atoms with Gasteiger partial charge in [-0.05, 0) is 68.8 Å². The summed E-state index contributed by atoms with van der Waals surface area (Å²) in [5.41, 5.74) is 13.6. The molecule has 7 aromatic carbocycles. The van der Waals surface area contributed by atoms with Crippen LogP contribution in [0.2, 0.25) is 0 Å². The van der Waals surface area contributed by atoms with Gasteiger partial charge in [-0.1, -0.05) is 170 Å². The second-order valence-corrected chi connectivity index (χ2v) is 13.3. The van der Waals surface area contributed by atoms with Crippen molar-refractivity contribution in [3.8, 4) is 56.4 Å². The van der Waals surface area contributed by atoms with E-state index in [1.165, 1.54) is 38.9 Å².